The van der Waals surface area contributed by atoms with E-state index in [2.05, 4.69) is 4.98 Å². The summed E-state index contributed by atoms with van der Waals surface area (Å²) in [6.07, 6.45) is 4.90. The van der Waals surface area contributed by atoms with Crippen molar-refractivity contribution in [1.29, 1.82) is 0 Å². The monoisotopic (exact) mass is 469 g/mol. The number of halogens is 2. The molecule has 32 heavy (non-hydrogen) atoms. The lowest BCUT2D eigenvalue weighted by atomic mass is 10.1. The zero-order chi connectivity index (χ0) is 22.9. The number of carbonyl (C=O) groups excluding carboxylic acids is 2. The molecular formula is C24H21Cl2N3O3. The molecule has 0 unspecified atom stereocenters. The van der Waals surface area contributed by atoms with Crippen molar-refractivity contribution in [1.82, 2.24) is 9.88 Å². The van der Waals surface area contributed by atoms with Gasteiger partial charge in [-0.2, -0.15) is 0 Å². The lowest BCUT2D eigenvalue weighted by Crippen LogP contribution is -2.28. The van der Waals surface area contributed by atoms with Crippen molar-refractivity contribution in [3.8, 4) is 5.75 Å². The zero-order valence-electron chi connectivity index (χ0n) is 17.1. The van der Waals surface area contributed by atoms with Gasteiger partial charge in [0, 0.05) is 18.8 Å². The van der Waals surface area contributed by atoms with Crippen LogP contribution in [0.15, 0.2) is 72.9 Å². The molecule has 0 bridgehead atoms. The number of aromatic nitrogens is 1. The van der Waals surface area contributed by atoms with Crippen molar-refractivity contribution in [2.24, 2.45) is 5.73 Å². The van der Waals surface area contributed by atoms with Crippen LogP contribution in [0.1, 0.15) is 16.8 Å². The Kier molecular flexibility index (Phi) is 8.25. The first-order valence-corrected chi connectivity index (χ1v) is 10.5. The number of nitrogens with two attached hydrogens (primary N) is 1. The lowest BCUT2D eigenvalue weighted by Gasteiger charge is -2.21. The lowest BCUT2D eigenvalue weighted by molar-refractivity contribution is -0.127. The van der Waals surface area contributed by atoms with Gasteiger partial charge in [-0.15, -0.1) is 0 Å². The molecule has 3 aromatic rings. The Labute approximate surface area is 196 Å². The number of nitrogens with zero attached hydrogens (tertiary/aromatic N) is 2. The first-order valence-electron chi connectivity index (χ1n) is 9.72. The van der Waals surface area contributed by atoms with Crippen molar-refractivity contribution in [3.05, 3.63) is 99.8 Å². The van der Waals surface area contributed by atoms with Gasteiger partial charge >= 0.3 is 0 Å². The molecule has 6 nitrogen and oxygen atoms in total. The average Bonchev–Trinajstić information content (AvgIpc) is 2.79. The number of rotatable bonds is 9. The van der Waals surface area contributed by atoms with Crippen LogP contribution in [0.3, 0.4) is 0 Å². The summed E-state index contributed by atoms with van der Waals surface area (Å²) in [6, 6.07) is 17.8. The minimum atomic E-state index is -0.547. The Morgan fingerprint density at radius 1 is 1.00 bits per heavy atom. The number of pyridine rings is 1. The first-order chi connectivity index (χ1) is 15.4. The molecule has 2 N–H and O–H groups in total. The number of hydrogen-bond donors (Lipinski definition) is 1. The highest BCUT2D eigenvalue weighted by molar-refractivity contribution is 6.42. The minimum Gasteiger partial charge on any atom is -0.484 e. The summed E-state index contributed by atoms with van der Waals surface area (Å²) in [5.74, 6) is -0.214. The van der Waals surface area contributed by atoms with Crippen molar-refractivity contribution < 1.29 is 14.3 Å². The van der Waals surface area contributed by atoms with Gasteiger partial charge in [-0.25, -0.2) is 0 Å². The molecule has 164 valence electrons. The van der Waals surface area contributed by atoms with Gasteiger partial charge in [-0.3, -0.25) is 14.6 Å². The van der Waals surface area contributed by atoms with E-state index >= 15 is 0 Å². The number of amides is 2. The summed E-state index contributed by atoms with van der Waals surface area (Å²) >= 11 is 12.1. The average molecular weight is 470 g/mol. The molecule has 2 amide bonds. The highest BCUT2D eigenvalue weighted by Crippen LogP contribution is 2.24. The number of hydrogen-bond acceptors (Lipinski definition) is 4. The van der Waals surface area contributed by atoms with Crippen molar-refractivity contribution in [3.63, 3.8) is 0 Å². The molecule has 0 radical (unpaired) electrons. The SMILES string of the molecule is NC(=O)COc1ccc(C=CC(=O)N(Cc2ccc(Cl)c(Cl)c2)Cc2ccccn2)cc1. The quantitative estimate of drug-likeness (QED) is 0.467. The van der Waals surface area contributed by atoms with Crippen LogP contribution in [-0.2, 0) is 22.7 Å². The van der Waals surface area contributed by atoms with Gasteiger partial charge in [0.15, 0.2) is 6.61 Å². The molecule has 0 spiro atoms. The summed E-state index contributed by atoms with van der Waals surface area (Å²) in [5, 5.41) is 0.893. The highest BCUT2D eigenvalue weighted by atomic mass is 35.5. The third-order valence-electron chi connectivity index (χ3n) is 4.43. The first kappa shape index (κ1) is 23.3. The van der Waals surface area contributed by atoms with Gasteiger partial charge in [0.1, 0.15) is 5.75 Å². The molecule has 0 aliphatic rings. The largest absolute Gasteiger partial charge is 0.484 e. The maximum absolute atomic E-state index is 13.0. The maximum Gasteiger partial charge on any atom is 0.255 e. The molecule has 0 saturated heterocycles. The Morgan fingerprint density at radius 2 is 1.78 bits per heavy atom. The molecule has 0 atom stereocenters. The third-order valence-corrected chi connectivity index (χ3v) is 5.17. The fourth-order valence-corrected chi connectivity index (χ4v) is 3.18. The van der Waals surface area contributed by atoms with E-state index in [9.17, 15) is 9.59 Å². The molecule has 0 fully saturated rings. The standard InChI is InChI=1S/C24H21Cl2N3O3/c25-21-10-6-18(13-22(21)26)14-29(15-19-3-1-2-12-28-19)24(31)11-7-17-4-8-20(9-5-17)32-16-23(27)30/h1-13H,14-16H2,(H2,27,30). The van der Waals surface area contributed by atoms with Crippen molar-refractivity contribution >= 4 is 41.1 Å². The Hall–Kier alpha value is -3.35. The number of benzene rings is 2. The van der Waals surface area contributed by atoms with Crippen LogP contribution in [-0.4, -0.2) is 28.3 Å². The van der Waals surface area contributed by atoms with E-state index in [-0.39, 0.29) is 12.5 Å². The van der Waals surface area contributed by atoms with E-state index in [0.29, 0.717) is 28.9 Å². The second-order valence-electron chi connectivity index (χ2n) is 6.92. The van der Waals surface area contributed by atoms with E-state index in [0.717, 1.165) is 16.8 Å². The third kappa shape index (κ3) is 7.11. The Bertz CT molecular complexity index is 1100. The zero-order valence-corrected chi connectivity index (χ0v) is 18.6. The van der Waals surface area contributed by atoms with Crippen LogP contribution in [0, 0.1) is 0 Å². The van der Waals surface area contributed by atoms with Crippen LogP contribution < -0.4 is 10.5 Å². The van der Waals surface area contributed by atoms with Crippen LogP contribution in [0.25, 0.3) is 6.08 Å². The molecule has 3 rings (SSSR count). The maximum atomic E-state index is 13.0. The summed E-state index contributed by atoms with van der Waals surface area (Å²) in [5.41, 5.74) is 7.50. The topological polar surface area (TPSA) is 85.5 Å². The molecular weight excluding hydrogens is 449 g/mol. The van der Waals surface area contributed by atoms with Gasteiger partial charge < -0.3 is 15.4 Å². The highest BCUT2D eigenvalue weighted by Gasteiger charge is 2.14. The smallest absolute Gasteiger partial charge is 0.255 e. The molecule has 1 aromatic heterocycles. The predicted octanol–water partition coefficient (Wildman–Crippen LogP) is 4.49. The summed E-state index contributed by atoms with van der Waals surface area (Å²) in [6.45, 7) is 0.492. The fourth-order valence-electron chi connectivity index (χ4n) is 2.86. The van der Waals surface area contributed by atoms with Crippen LogP contribution in [0.2, 0.25) is 10.0 Å². The van der Waals surface area contributed by atoms with Crippen molar-refractivity contribution in [2.45, 2.75) is 13.1 Å². The number of primary amides is 1. The van der Waals surface area contributed by atoms with Crippen molar-refractivity contribution in [2.75, 3.05) is 6.61 Å². The normalized spacial score (nSPS) is 10.8. The second-order valence-corrected chi connectivity index (χ2v) is 7.74. The molecule has 2 aromatic carbocycles. The second kappa shape index (κ2) is 11.3. The Morgan fingerprint density at radius 3 is 2.44 bits per heavy atom. The van der Waals surface area contributed by atoms with Gasteiger partial charge in [0.05, 0.1) is 22.3 Å². The van der Waals surface area contributed by atoms with E-state index < -0.39 is 5.91 Å². The number of carbonyl (C=O) groups is 2. The van der Waals surface area contributed by atoms with E-state index in [1.165, 1.54) is 6.08 Å². The summed E-state index contributed by atoms with van der Waals surface area (Å²) in [7, 11) is 0. The van der Waals surface area contributed by atoms with E-state index in [4.69, 9.17) is 33.7 Å². The molecule has 0 aliphatic carbocycles. The van der Waals surface area contributed by atoms with E-state index in [1.54, 1.807) is 53.6 Å². The minimum absolute atomic E-state index is 0.184. The summed E-state index contributed by atoms with van der Waals surface area (Å²) in [4.78, 5) is 29.8. The Balaban J connectivity index is 1.73. The van der Waals surface area contributed by atoms with Gasteiger partial charge in [0.2, 0.25) is 5.91 Å². The summed E-state index contributed by atoms with van der Waals surface area (Å²) < 4.78 is 5.24. The molecule has 1 heterocycles. The number of ether oxygens (including phenoxy) is 1. The van der Waals surface area contributed by atoms with Gasteiger partial charge in [-0.05, 0) is 53.6 Å². The van der Waals surface area contributed by atoms with Gasteiger partial charge in [0.25, 0.3) is 5.91 Å². The molecule has 0 aliphatic heterocycles. The van der Waals surface area contributed by atoms with Crippen LogP contribution >= 0.6 is 23.2 Å². The van der Waals surface area contributed by atoms with Gasteiger partial charge in [-0.1, -0.05) is 47.5 Å². The predicted molar refractivity (Wildman–Crippen MR) is 125 cm³/mol. The van der Waals surface area contributed by atoms with E-state index in [1.807, 2.05) is 24.3 Å². The van der Waals surface area contributed by atoms with Crippen LogP contribution in [0.4, 0.5) is 0 Å². The van der Waals surface area contributed by atoms with Crippen LogP contribution in [0.5, 0.6) is 5.75 Å². The molecule has 8 heteroatoms. The molecule has 0 saturated carbocycles. The fraction of sp³-hybridized carbons (Fsp3) is 0.125.